The van der Waals surface area contributed by atoms with Crippen LogP contribution in [0.5, 0.6) is 0 Å². The van der Waals surface area contributed by atoms with Crippen LogP contribution in [0.2, 0.25) is 0 Å². The molecule has 1 aromatic rings. The number of sulfonamides is 1. The SMILES string of the molecule is CC(NS(=O)(=O)CCCCN1C(=O)c2ccccc2C1=O)C(=O)O. The van der Waals surface area contributed by atoms with Gasteiger partial charge < -0.3 is 5.11 Å². The van der Waals surface area contributed by atoms with Gasteiger partial charge in [0, 0.05) is 6.54 Å². The fraction of sp³-hybridized carbons (Fsp3) is 0.400. The highest BCUT2D eigenvalue weighted by atomic mass is 32.2. The Morgan fingerprint density at radius 3 is 2.21 bits per heavy atom. The van der Waals surface area contributed by atoms with Gasteiger partial charge in [-0.05, 0) is 31.9 Å². The monoisotopic (exact) mass is 354 g/mol. The maximum atomic E-state index is 12.1. The average Bonchev–Trinajstić information content (AvgIpc) is 2.76. The first-order valence-electron chi connectivity index (χ1n) is 7.41. The number of nitrogens with zero attached hydrogens (tertiary/aromatic N) is 1. The molecule has 1 unspecified atom stereocenters. The van der Waals surface area contributed by atoms with Crippen LogP contribution >= 0.6 is 0 Å². The van der Waals surface area contributed by atoms with Crippen molar-refractivity contribution in [1.29, 1.82) is 0 Å². The molecule has 1 aliphatic heterocycles. The third-order valence-corrected chi connectivity index (χ3v) is 5.19. The van der Waals surface area contributed by atoms with Crippen molar-refractivity contribution in [3.05, 3.63) is 35.4 Å². The minimum Gasteiger partial charge on any atom is -0.480 e. The lowest BCUT2D eigenvalue weighted by Crippen LogP contribution is -2.39. The highest BCUT2D eigenvalue weighted by Gasteiger charge is 2.34. The van der Waals surface area contributed by atoms with E-state index < -0.39 is 22.0 Å². The van der Waals surface area contributed by atoms with Crippen molar-refractivity contribution in [1.82, 2.24) is 9.62 Å². The number of nitrogens with one attached hydrogen (secondary N) is 1. The van der Waals surface area contributed by atoms with Crippen molar-refractivity contribution in [2.45, 2.75) is 25.8 Å². The number of imide groups is 1. The largest absolute Gasteiger partial charge is 0.480 e. The number of fused-ring (bicyclic) bond motifs is 1. The lowest BCUT2D eigenvalue weighted by molar-refractivity contribution is -0.138. The van der Waals surface area contributed by atoms with Crippen molar-refractivity contribution in [3.8, 4) is 0 Å². The van der Waals surface area contributed by atoms with Crippen LogP contribution in [0.25, 0.3) is 0 Å². The van der Waals surface area contributed by atoms with Gasteiger partial charge in [0.2, 0.25) is 10.0 Å². The van der Waals surface area contributed by atoms with E-state index in [0.717, 1.165) is 4.90 Å². The van der Waals surface area contributed by atoms with E-state index in [0.29, 0.717) is 17.5 Å². The molecular formula is C15H18N2O6S. The first-order chi connectivity index (χ1) is 11.2. The second-order valence-corrected chi connectivity index (χ2v) is 7.38. The molecule has 1 atom stereocenters. The van der Waals surface area contributed by atoms with Crippen molar-refractivity contribution >= 4 is 27.8 Å². The summed E-state index contributed by atoms with van der Waals surface area (Å²) >= 11 is 0. The van der Waals surface area contributed by atoms with Crippen LogP contribution in [-0.2, 0) is 14.8 Å². The summed E-state index contributed by atoms with van der Waals surface area (Å²) in [5.41, 5.74) is 0.708. The molecule has 1 aliphatic rings. The molecule has 1 heterocycles. The van der Waals surface area contributed by atoms with Gasteiger partial charge in [0.05, 0.1) is 16.9 Å². The number of amides is 2. The van der Waals surface area contributed by atoms with Gasteiger partial charge in [-0.25, -0.2) is 13.1 Å². The van der Waals surface area contributed by atoms with Gasteiger partial charge in [0.25, 0.3) is 11.8 Å². The molecule has 0 saturated heterocycles. The molecule has 130 valence electrons. The number of carboxylic acids is 1. The average molecular weight is 354 g/mol. The molecule has 2 N–H and O–H groups in total. The Balaban J connectivity index is 1.85. The Morgan fingerprint density at radius 1 is 1.17 bits per heavy atom. The lowest BCUT2D eigenvalue weighted by atomic mass is 10.1. The van der Waals surface area contributed by atoms with Crippen LogP contribution in [0, 0.1) is 0 Å². The molecule has 8 nitrogen and oxygen atoms in total. The number of unbranched alkanes of at least 4 members (excludes halogenated alkanes) is 1. The van der Waals surface area contributed by atoms with Gasteiger partial charge in [0.15, 0.2) is 0 Å². The molecular weight excluding hydrogens is 336 g/mol. The van der Waals surface area contributed by atoms with Gasteiger partial charge in [-0.3, -0.25) is 19.3 Å². The van der Waals surface area contributed by atoms with Crippen LogP contribution in [0.3, 0.4) is 0 Å². The molecule has 2 amide bonds. The van der Waals surface area contributed by atoms with Crippen molar-refractivity contribution in [3.63, 3.8) is 0 Å². The van der Waals surface area contributed by atoms with Crippen LogP contribution < -0.4 is 4.72 Å². The quantitative estimate of drug-likeness (QED) is 0.517. The molecule has 0 radical (unpaired) electrons. The van der Waals surface area contributed by atoms with E-state index in [9.17, 15) is 22.8 Å². The maximum Gasteiger partial charge on any atom is 0.321 e. The van der Waals surface area contributed by atoms with E-state index in [1.807, 2.05) is 4.72 Å². The highest BCUT2D eigenvalue weighted by molar-refractivity contribution is 7.89. The molecule has 0 aliphatic carbocycles. The van der Waals surface area contributed by atoms with Crippen molar-refractivity contribution in [2.75, 3.05) is 12.3 Å². The van der Waals surface area contributed by atoms with Crippen molar-refractivity contribution < 1.29 is 27.9 Å². The molecule has 0 bridgehead atoms. The number of hydrogen-bond donors (Lipinski definition) is 2. The predicted molar refractivity (Wildman–Crippen MR) is 85.1 cm³/mol. The Kier molecular flexibility index (Phi) is 5.35. The fourth-order valence-electron chi connectivity index (χ4n) is 2.38. The normalized spacial score (nSPS) is 15.5. The Hall–Kier alpha value is -2.26. The number of carbonyl (C=O) groups is 3. The zero-order valence-corrected chi connectivity index (χ0v) is 13.9. The summed E-state index contributed by atoms with van der Waals surface area (Å²) in [6.07, 6.45) is 0.517. The van der Waals surface area contributed by atoms with E-state index in [1.54, 1.807) is 24.3 Å². The Morgan fingerprint density at radius 2 is 1.71 bits per heavy atom. The molecule has 9 heteroatoms. The molecule has 2 rings (SSSR count). The number of aliphatic carboxylic acids is 1. The summed E-state index contributed by atoms with van der Waals surface area (Å²) in [5.74, 6) is -2.29. The smallest absolute Gasteiger partial charge is 0.321 e. The van der Waals surface area contributed by atoms with Crippen LogP contribution in [-0.4, -0.2) is 54.5 Å². The molecule has 0 aromatic heterocycles. The van der Waals surface area contributed by atoms with E-state index in [4.69, 9.17) is 5.11 Å². The predicted octanol–water partition coefficient (Wildman–Crippen LogP) is 0.455. The molecule has 1 aromatic carbocycles. The van der Waals surface area contributed by atoms with E-state index in [-0.39, 0.29) is 30.5 Å². The van der Waals surface area contributed by atoms with Crippen molar-refractivity contribution in [2.24, 2.45) is 0 Å². The Labute approximate surface area is 139 Å². The number of carbonyl (C=O) groups excluding carboxylic acids is 2. The highest BCUT2D eigenvalue weighted by Crippen LogP contribution is 2.22. The summed E-state index contributed by atoms with van der Waals surface area (Å²) in [6.45, 7) is 1.36. The van der Waals surface area contributed by atoms with E-state index in [2.05, 4.69) is 0 Å². The topological polar surface area (TPSA) is 121 Å². The summed E-state index contributed by atoms with van der Waals surface area (Å²) < 4.78 is 25.5. The molecule has 0 fully saturated rings. The van der Waals surface area contributed by atoms with Gasteiger partial charge >= 0.3 is 5.97 Å². The number of carboxylic acid groups (broad SMARTS) is 1. The first-order valence-corrected chi connectivity index (χ1v) is 9.06. The van der Waals surface area contributed by atoms with Gasteiger partial charge in [-0.15, -0.1) is 0 Å². The third kappa shape index (κ3) is 3.98. The number of hydrogen-bond acceptors (Lipinski definition) is 5. The summed E-state index contributed by atoms with van der Waals surface area (Å²) in [7, 11) is -3.72. The van der Waals surface area contributed by atoms with Gasteiger partial charge in [0.1, 0.15) is 6.04 Å². The van der Waals surface area contributed by atoms with Gasteiger partial charge in [-0.2, -0.15) is 0 Å². The standard InChI is InChI=1S/C15H18N2O6S/c1-10(15(20)21)16-24(22,23)9-5-4-8-17-13(18)11-6-2-3-7-12(11)14(17)19/h2-3,6-7,10,16H,4-5,8-9H2,1H3,(H,20,21). The molecule has 24 heavy (non-hydrogen) atoms. The summed E-state index contributed by atoms with van der Waals surface area (Å²) in [4.78, 5) is 36.0. The van der Waals surface area contributed by atoms with E-state index in [1.165, 1.54) is 6.92 Å². The number of rotatable bonds is 8. The zero-order chi connectivity index (χ0) is 17.9. The summed E-state index contributed by atoms with van der Waals surface area (Å²) in [5, 5.41) is 8.70. The van der Waals surface area contributed by atoms with Gasteiger partial charge in [-0.1, -0.05) is 12.1 Å². The molecule has 0 saturated carbocycles. The van der Waals surface area contributed by atoms with Crippen LogP contribution in [0.15, 0.2) is 24.3 Å². The first kappa shape index (κ1) is 18.1. The third-order valence-electron chi connectivity index (χ3n) is 3.65. The zero-order valence-electron chi connectivity index (χ0n) is 13.1. The second kappa shape index (κ2) is 7.10. The fourth-order valence-corrected chi connectivity index (χ4v) is 3.72. The second-order valence-electron chi connectivity index (χ2n) is 5.51. The minimum absolute atomic E-state index is 0.121. The maximum absolute atomic E-state index is 12.1. The summed E-state index contributed by atoms with van der Waals surface area (Å²) in [6, 6.07) is 5.31. The minimum atomic E-state index is -3.72. The van der Waals surface area contributed by atoms with Crippen LogP contribution in [0.1, 0.15) is 40.5 Å². The van der Waals surface area contributed by atoms with Crippen LogP contribution in [0.4, 0.5) is 0 Å². The Bertz CT molecular complexity index is 739. The molecule has 0 spiro atoms. The lowest BCUT2D eigenvalue weighted by Gasteiger charge is -2.14. The number of benzene rings is 1. The van der Waals surface area contributed by atoms with E-state index >= 15 is 0 Å².